The number of carbonyl (C=O) groups excluding carboxylic acids is 1. The van der Waals surface area contributed by atoms with E-state index in [0.29, 0.717) is 32.2 Å². The first-order valence-corrected chi connectivity index (χ1v) is 11.2. The highest BCUT2D eigenvalue weighted by molar-refractivity contribution is 5.97. The molecule has 2 aromatic rings. The van der Waals surface area contributed by atoms with Gasteiger partial charge in [0, 0.05) is 16.7 Å². The third-order valence-corrected chi connectivity index (χ3v) is 7.38. The summed E-state index contributed by atoms with van der Waals surface area (Å²) in [5, 5.41) is 0. The topological polar surface area (TPSA) is 35.5 Å². The summed E-state index contributed by atoms with van der Waals surface area (Å²) in [5.41, 5.74) is 3.81. The highest BCUT2D eigenvalue weighted by atomic mass is 16.5. The summed E-state index contributed by atoms with van der Waals surface area (Å²) < 4.78 is 12.5. The second-order valence-corrected chi connectivity index (χ2v) is 9.48. The van der Waals surface area contributed by atoms with Crippen molar-refractivity contribution in [3.63, 3.8) is 0 Å². The van der Waals surface area contributed by atoms with Crippen LogP contribution in [0.25, 0.3) is 0 Å². The van der Waals surface area contributed by atoms with Crippen molar-refractivity contribution in [1.29, 1.82) is 0 Å². The molecule has 0 aliphatic heterocycles. The summed E-state index contributed by atoms with van der Waals surface area (Å²) >= 11 is 0. The Morgan fingerprint density at radius 1 is 0.867 bits per heavy atom. The molecule has 2 fully saturated rings. The Balaban J connectivity index is 1.31. The predicted molar refractivity (Wildman–Crippen MR) is 117 cm³/mol. The van der Waals surface area contributed by atoms with Crippen LogP contribution in [0.4, 0.5) is 0 Å². The number of rotatable bonds is 8. The predicted octanol–water partition coefficient (Wildman–Crippen LogP) is 5.50. The van der Waals surface area contributed by atoms with E-state index in [-0.39, 0.29) is 16.7 Å². The van der Waals surface area contributed by atoms with Crippen molar-refractivity contribution in [2.45, 2.75) is 45.3 Å². The van der Waals surface area contributed by atoms with Gasteiger partial charge in [-0.05, 0) is 42.9 Å². The van der Waals surface area contributed by atoms with Crippen molar-refractivity contribution < 1.29 is 14.3 Å². The lowest BCUT2D eigenvalue weighted by Gasteiger charge is -2.33. The van der Waals surface area contributed by atoms with Gasteiger partial charge in [0.1, 0.15) is 0 Å². The SMILES string of the molecule is O=C1C=C2CC(COCc3ccccc3)(COCc3ccccc3)C[C@]23CCC[C@H]13. The van der Waals surface area contributed by atoms with Crippen LogP contribution in [-0.4, -0.2) is 19.0 Å². The van der Waals surface area contributed by atoms with Crippen LogP contribution in [0, 0.1) is 16.7 Å². The average Bonchev–Trinajstić information content (AvgIpc) is 3.38. The van der Waals surface area contributed by atoms with Gasteiger partial charge in [-0.2, -0.15) is 0 Å². The van der Waals surface area contributed by atoms with Gasteiger partial charge in [-0.25, -0.2) is 0 Å². The largest absolute Gasteiger partial charge is 0.376 e. The van der Waals surface area contributed by atoms with Gasteiger partial charge in [0.2, 0.25) is 0 Å². The van der Waals surface area contributed by atoms with E-state index >= 15 is 0 Å². The quantitative estimate of drug-likeness (QED) is 0.585. The van der Waals surface area contributed by atoms with Gasteiger partial charge in [0.15, 0.2) is 5.78 Å². The fraction of sp³-hybridized carbons (Fsp3) is 0.444. The maximum Gasteiger partial charge on any atom is 0.159 e. The first-order chi connectivity index (χ1) is 14.7. The zero-order valence-corrected chi connectivity index (χ0v) is 17.5. The first-order valence-electron chi connectivity index (χ1n) is 11.2. The lowest BCUT2D eigenvalue weighted by atomic mass is 9.74. The number of hydrogen-bond donors (Lipinski definition) is 0. The molecule has 3 heteroatoms. The van der Waals surface area contributed by atoms with Crippen LogP contribution in [0.5, 0.6) is 0 Å². The van der Waals surface area contributed by atoms with E-state index in [1.165, 1.54) is 23.1 Å². The molecule has 5 rings (SSSR count). The van der Waals surface area contributed by atoms with Gasteiger partial charge in [-0.15, -0.1) is 0 Å². The summed E-state index contributed by atoms with van der Waals surface area (Å²) in [7, 11) is 0. The Bertz CT molecular complexity index is 872. The second-order valence-electron chi connectivity index (χ2n) is 9.48. The molecular weight excluding hydrogens is 372 g/mol. The van der Waals surface area contributed by atoms with Crippen molar-refractivity contribution >= 4 is 5.78 Å². The third-order valence-electron chi connectivity index (χ3n) is 7.38. The summed E-state index contributed by atoms with van der Waals surface area (Å²) in [5.74, 6) is 0.573. The maximum atomic E-state index is 12.5. The van der Waals surface area contributed by atoms with E-state index in [0.717, 1.165) is 25.7 Å². The highest BCUT2D eigenvalue weighted by Crippen LogP contribution is 2.66. The fourth-order valence-electron chi connectivity index (χ4n) is 6.14. The smallest absolute Gasteiger partial charge is 0.159 e. The number of allylic oxidation sites excluding steroid dienone is 2. The van der Waals surface area contributed by atoms with Crippen LogP contribution in [0.3, 0.4) is 0 Å². The molecule has 0 saturated heterocycles. The zero-order chi connectivity index (χ0) is 20.4. The van der Waals surface area contributed by atoms with Gasteiger partial charge in [-0.1, -0.05) is 72.7 Å². The van der Waals surface area contributed by atoms with Crippen LogP contribution in [0.15, 0.2) is 72.3 Å². The lowest BCUT2D eigenvalue weighted by Crippen LogP contribution is -2.33. The van der Waals surface area contributed by atoms with Crippen LogP contribution >= 0.6 is 0 Å². The standard InChI is InChI=1S/C27H30O3/c28-25-14-23-15-26(18-27(23)13-7-12-24(25)27,19-29-16-21-8-3-1-4-9-21)20-30-17-22-10-5-2-6-11-22/h1-6,8-11,14,24H,7,12-13,15-20H2/t24-,27-/m1/s1. The van der Waals surface area contributed by atoms with Gasteiger partial charge >= 0.3 is 0 Å². The molecule has 156 valence electrons. The number of benzene rings is 2. The van der Waals surface area contributed by atoms with Gasteiger partial charge in [0.25, 0.3) is 0 Å². The molecule has 2 saturated carbocycles. The van der Waals surface area contributed by atoms with Gasteiger partial charge in [-0.3, -0.25) is 4.79 Å². The molecule has 0 radical (unpaired) electrons. The molecule has 0 heterocycles. The molecule has 1 spiro atoms. The number of ether oxygens (including phenoxy) is 2. The van der Waals surface area contributed by atoms with E-state index in [9.17, 15) is 4.79 Å². The average molecular weight is 403 g/mol. The molecule has 0 aromatic heterocycles. The van der Waals surface area contributed by atoms with Crippen molar-refractivity contribution in [3.8, 4) is 0 Å². The molecule has 3 aliphatic rings. The molecule has 0 N–H and O–H groups in total. The minimum Gasteiger partial charge on any atom is -0.376 e. The van der Waals surface area contributed by atoms with Crippen LogP contribution < -0.4 is 0 Å². The van der Waals surface area contributed by atoms with Crippen molar-refractivity contribution in [1.82, 2.24) is 0 Å². The van der Waals surface area contributed by atoms with E-state index in [4.69, 9.17) is 9.47 Å². The summed E-state index contributed by atoms with van der Waals surface area (Å²) in [6.07, 6.45) is 7.28. The van der Waals surface area contributed by atoms with Crippen LogP contribution in [0.1, 0.15) is 43.2 Å². The molecular formula is C27H30O3. The molecule has 30 heavy (non-hydrogen) atoms. The van der Waals surface area contributed by atoms with Gasteiger partial charge < -0.3 is 9.47 Å². The Morgan fingerprint density at radius 3 is 2.07 bits per heavy atom. The van der Waals surface area contributed by atoms with E-state index in [2.05, 4.69) is 48.5 Å². The van der Waals surface area contributed by atoms with E-state index in [1.807, 2.05) is 18.2 Å². The van der Waals surface area contributed by atoms with E-state index in [1.54, 1.807) is 0 Å². The molecule has 3 aliphatic carbocycles. The molecule has 3 nitrogen and oxygen atoms in total. The van der Waals surface area contributed by atoms with Gasteiger partial charge in [0.05, 0.1) is 26.4 Å². The zero-order valence-electron chi connectivity index (χ0n) is 17.5. The minimum absolute atomic E-state index is 0.0430. The van der Waals surface area contributed by atoms with Crippen LogP contribution in [-0.2, 0) is 27.5 Å². The number of ketones is 1. The van der Waals surface area contributed by atoms with Crippen molar-refractivity contribution in [2.75, 3.05) is 13.2 Å². The van der Waals surface area contributed by atoms with Crippen molar-refractivity contribution in [2.24, 2.45) is 16.7 Å². The normalized spacial score (nSPS) is 26.5. The molecule has 0 amide bonds. The number of hydrogen-bond acceptors (Lipinski definition) is 3. The third kappa shape index (κ3) is 3.66. The molecule has 2 aromatic carbocycles. The molecule has 2 atom stereocenters. The molecule has 0 bridgehead atoms. The minimum atomic E-state index is -0.0430. The molecule has 0 unspecified atom stereocenters. The Hall–Kier alpha value is -2.23. The van der Waals surface area contributed by atoms with Crippen LogP contribution in [0.2, 0.25) is 0 Å². The highest BCUT2D eigenvalue weighted by Gasteiger charge is 2.61. The monoisotopic (exact) mass is 402 g/mol. The fourth-order valence-corrected chi connectivity index (χ4v) is 6.14. The Kier molecular flexibility index (Phi) is 5.34. The number of carbonyl (C=O) groups is 1. The summed E-state index contributed by atoms with van der Waals surface area (Å²) in [4.78, 5) is 12.5. The summed E-state index contributed by atoms with van der Waals surface area (Å²) in [6.45, 7) is 2.60. The van der Waals surface area contributed by atoms with Crippen molar-refractivity contribution in [3.05, 3.63) is 83.4 Å². The lowest BCUT2D eigenvalue weighted by molar-refractivity contribution is -0.119. The Labute approximate surface area is 179 Å². The maximum absolute atomic E-state index is 12.5. The Morgan fingerprint density at radius 2 is 1.47 bits per heavy atom. The second kappa shape index (κ2) is 8.13. The van der Waals surface area contributed by atoms with E-state index < -0.39 is 0 Å². The first kappa shape index (κ1) is 19.7. The summed E-state index contributed by atoms with van der Waals surface area (Å²) in [6, 6.07) is 20.7.